The molecule has 0 atom stereocenters. The minimum absolute atomic E-state index is 0.000118. The minimum Gasteiger partial charge on any atom is -0.493 e. The molecule has 0 radical (unpaired) electrons. The molecule has 25 heavy (non-hydrogen) atoms. The van der Waals surface area contributed by atoms with Gasteiger partial charge in [-0.2, -0.15) is 0 Å². The molecule has 0 aliphatic rings. The number of ketones is 1. The number of methoxy groups -OCH3 is 2. The summed E-state index contributed by atoms with van der Waals surface area (Å²) in [5, 5.41) is 0.657. The van der Waals surface area contributed by atoms with Gasteiger partial charge in [0.2, 0.25) is 5.75 Å². The normalized spacial score (nSPS) is 10.2. The van der Waals surface area contributed by atoms with E-state index in [-0.39, 0.29) is 24.6 Å². The zero-order valence-corrected chi connectivity index (χ0v) is 15.4. The Morgan fingerprint density at radius 2 is 1.84 bits per heavy atom. The molecule has 0 spiro atoms. The molecule has 0 aliphatic heterocycles. The van der Waals surface area contributed by atoms with Gasteiger partial charge in [-0.25, -0.2) is 0 Å². The molecular formula is C18H17Cl2NO4. The highest BCUT2D eigenvalue weighted by atomic mass is 35.5. The number of nitrogens with zero attached hydrogens (tertiary/aromatic N) is 1. The van der Waals surface area contributed by atoms with Gasteiger partial charge in [0.15, 0.2) is 17.3 Å². The van der Waals surface area contributed by atoms with Gasteiger partial charge in [-0.3, -0.25) is 9.78 Å². The van der Waals surface area contributed by atoms with Crippen molar-refractivity contribution in [3.63, 3.8) is 0 Å². The van der Waals surface area contributed by atoms with Crippen molar-refractivity contribution in [2.75, 3.05) is 20.8 Å². The fourth-order valence-corrected chi connectivity index (χ4v) is 2.76. The average molecular weight is 382 g/mol. The zero-order valence-electron chi connectivity index (χ0n) is 13.8. The molecule has 0 N–H and O–H groups in total. The largest absolute Gasteiger partial charge is 0.493 e. The molecule has 0 saturated heterocycles. The van der Waals surface area contributed by atoms with Crippen molar-refractivity contribution in [1.29, 1.82) is 0 Å². The molecule has 0 saturated carbocycles. The molecule has 2 aromatic rings. The lowest BCUT2D eigenvalue weighted by molar-refractivity contribution is 0.0988. The molecule has 0 aliphatic carbocycles. The first-order valence-electron chi connectivity index (χ1n) is 7.33. The van der Waals surface area contributed by atoms with Crippen LogP contribution in [0.4, 0.5) is 0 Å². The summed E-state index contributed by atoms with van der Waals surface area (Å²) in [6.45, 7) is 3.82. The molecule has 5 nitrogen and oxygen atoms in total. The van der Waals surface area contributed by atoms with Gasteiger partial charge in [-0.1, -0.05) is 35.9 Å². The molecular weight excluding hydrogens is 365 g/mol. The Labute approximate surface area is 156 Å². The molecule has 0 bridgehead atoms. The molecule has 0 fully saturated rings. The van der Waals surface area contributed by atoms with Crippen LogP contribution in [-0.2, 0) is 6.42 Å². The lowest BCUT2D eigenvalue weighted by atomic mass is 10.0. The Morgan fingerprint density at radius 3 is 2.40 bits per heavy atom. The van der Waals surface area contributed by atoms with Crippen LogP contribution in [0.3, 0.4) is 0 Å². The van der Waals surface area contributed by atoms with Gasteiger partial charge in [-0.15, -0.1) is 0 Å². The van der Waals surface area contributed by atoms with Crippen LogP contribution >= 0.6 is 23.2 Å². The van der Waals surface area contributed by atoms with E-state index in [2.05, 4.69) is 11.6 Å². The first kappa shape index (κ1) is 19.1. The van der Waals surface area contributed by atoms with Crippen molar-refractivity contribution in [3.8, 4) is 17.2 Å². The number of hydrogen-bond acceptors (Lipinski definition) is 5. The van der Waals surface area contributed by atoms with Crippen LogP contribution < -0.4 is 14.2 Å². The van der Waals surface area contributed by atoms with E-state index in [4.69, 9.17) is 37.4 Å². The minimum atomic E-state index is -0.227. The summed E-state index contributed by atoms with van der Waals surface area (Å²) in [5.41, 5.74) is 0.844. The Morgan fingerprint density at radius 1 is 1.16 bits per heavy atom. The van der Waals surface area contributed by atoms with Crippen molar-refractivity contribution in [2.45, 2.75) is 6.42 Å². The standard InChI is InChI=1S/C18H17Cl2NO4/c1-4-7-25-17-11(5-6-16(23-2)18(17)24-3)15(22)8-12-13(19)9-21-10-14(12)20/h4-6,9-10H,1,7-8H2,2-3H3. The second kappa shape index (κ2) is 8.74. The summed E-state index contributed by atoms with van der Waals surface area (Å²) in [4.78, 5) is 16.7. The number of carbonyl (C=O) groups is 1. The average Bonchev–Trinajstić information content (AvgIpc) is 2.61. The van der Waals surface area contributed by atoms with E-state index in [0.717, 1.165) is 0 Å². The number of aromatic nitrogens is 1. The number of pyridine rings is 1. The summed E-state index contributed by atoms with van der Waals surface area (Å²) in [6, 6.07) is 3.26. The topological polar surface area (TPSA) is 57.7 Å². The Hall–Kier alpha value is -2.24. The fraction of sp³-hybridized carbons (Fsp3) is 0.222. The number of carbonyl (C=O) groups excluding carboxylic acids is 1. The van der Waals surface area contributed by atoms with Crippen LogP contribution in [-0.4, -0.2) is 31.6 Å². The van der Waals surface area contributed by atoms with Crippen molar-refractivity contribution in [1.82, 2.24) is 4.98 Å². The lowest BCUT2D eigenvalue weighted by Crippen LogP contribution is -2.10. The number of halogens is 2. The van der Waals surface area contributed by atoms with Crippen molar-refractivity contribution in [3.05, 3.63) is 58.4 Å². The molecule has 1 aromatic heterocycles. The predicted octanol–water partition coefficient (Wildman–Crippen LogP) is 4.40. The van der Waals surface area contributed by atoms with Crippen LogP contribution in [0.5, 0.6) is 17.2 Å². The third-order valence-corrected chi connectivity index (χ3v) is 4.09. The second-order valence-electron chi connectivity index (χ2n) is 4.96. The van der Waals surface area contributed by atoms with E-state index in [1.165, 1.54) is 26.6 Å². The predicted molar refractivity (Wildman–Crippen MR) is 97.5 cm³/mol. The highest BCUT2D eigenvalue weighted by Crippen LogP contribution is 2.40. The second-order valence-corrected chi connectivity index (χ2v) is 5.77. The van der Waals surface area contributed by atoms with Gasteiger partial charge in [0.1, 0.15) is 6.61 Å². The first-order chi connectivity index (χ1) is 12.0. The van der Waals surface area contributed by atoms with E-state index >= 15 is 0 Å². The van der Waals surface area contributed by atoms with E-state index in [0.29, 0.717) is 32.7 Å². The van der Waals surface area contributed by atoms with Gasteiger partial charge in [0.25, 0.3) is 0 Å². The summed E-state index contributed by atoms with van der Waals surface area (Å²) >= 11 is 12.2. The highest BCUT2D eigenvalue weighted by Gasteiger charge is 2.22. The van der Waals surface area contributed by atoms with Gasteiger partial charge < -0.3 is 14.2 Å². The molecule has 0 unspecified atom stereocenters. The molecule has 2 rings (SSSR count). The Kier molecular flexibility index (Phi) is 6.67. The van der Waals surface area contributed by atoms with Crippen LogP contribution in [0.1, 0.15) is 15.9 Å². The highest BCUT2D eigenvalue weighted by molar-refractivity contribution is 6.36. The summed E-state index contributed by atoms with van der Waals surface area (Å²) in [7, 11) is 2.98. The molecule has 1 aromatic carbocycles. The third kappa shape index (κ3) is 4.24. The zero-order chi connectivity index (χ0) is 18.4. The van der Waals surface area contributed by atoms with Gasteiger partial charge in [0, 0.05) is 24.4 Å². The lowest BCUT2D eigenvalue weighted by Gasteiger charge is -2.16. The Bertz CT molecular complexity index is 773. The SMILES string of the molecule is C=CCOc1c(C(=O)Cc2c(Cl)cncc2Cl)ccc(OC)c1OC. The summed E-state index contributed by atoms with van der Waals surface area (Å²) in [6.07, 6.45) is 4.46. The number of benzene rings is 1. The first-order valence-corrected chi connectivity index (χ1v) is 8.08. The van der Waals surface area contributed by atoms with E-state index in [1.54, 1.807) is 18.2 Å². The van der Waals surface area contributed by atoms with Crippen LogP contribution in [0.2, 0.25) is 10.0 Å². The molecule has 7 heteroatoms. The molecule has 132 valence electrons. The number of Topliss-reactive ketones (excluding diaryl/α,β-unsaturated/α-hetero) is 1. The van der Waals surface area contributed by atoms with Crippen LogP contribution in [0.25, 0.3) is 0 Å². The monoisotopic (exact) mass is 381 g/mol. The maximum atomic E-state index is 12.8. The summed E-state index contributed by atoms with van der Waals surface area (Å²) < 4.78 is 16.3. The fourth-order valence-electron chi connectivity index (χ4n) is 2.27. The van der Waals surface area contributed by atoms with Crippen LogP contribution in [0.15, 0.2) is 37.2 Å². The number of rotatable bonds is 8. The van der Waals surface area contributed by atoms with Gasteiger partial charge >= 0.3 is 0 Å². The summed E-state index contributed by atoms with van der Waals surface area (Å²) in [5.74, 6) is 0.850. The molecule has 0 amide bonds. The van der Waals surface area contributed by atoms with E-state index < -0.39 is 0 Å². The van der Waals surface area contributed by atoms with Crippen molar-refractivity contribution < 1.29 is 19.0 Å². The smallest absolute Gasteiger partial charge is 0.204 e. The van der Waals surface area contributed by atoms with Crippen LogP contribution in [0, 0.1) is 0 Å². The van der Waals surface area contributed by atoms with Gasteiger partial charge in [0.05, 0.1) is 29.8 Å². The number of hydrogen-bond donors (Lipinski definition) is 0. The quantitative estimate of drug-likeness (QED) is 0.501. The maximum absolute atomic E-state index is 12.8. The maximum Gasteiger partial charge on any atom is 0.204 e. The third-order valence-electron chi connectivity index (χ3n) is 3.44. The van der Waals surface area contributed by atoms with E-state index in [9.17, 15) is 4.79 Å². The van der Waals surface area contributed by atoms with Gasteiger partial charge in [-0.05, 0) is 12.1 Å². The molecule has 1 heterocycles. The van der Waals surface area contributed by atoms with Crippen molar-refractivity contribution >= 4 is 29.0 Å². The van der Waals surface area contributed by atoms with E-state index in [1.807, 2.05) is 0 Å². The van der Waals surface area contributed by atoms with Crippen molar-refractivity contribution in [2.24, 2.45) is 0 Å². The number of ether oxygens (including phenoxy) is 3. The Balaban J connectivity index is 2.46.